The number of carbonyl (C=O) groups is 1. The second-order valence-electron chi connectivity index (χ2n) is 1.71. The van der Waals surface area contributed by atoms with Gasteiger partial charge in [-0.05, 0) is 0 Å². The maximum absolute atomic E-state index is 10.7. The number of methoxy groups -OCH3 is 1. The van der Waals surface area contributed by atoms with Gasteiger partial charge < -0.3 is 15.2 Å². The summed E-state index contributed by atoms with van der Waals surface area (Å²) in [5.41, 5.74) is 0. The zero-order valence-corrected chi connectivity index (χ0v) is 7.61. The minimum Gasteiger partial charge on any atom is -0.467 e. The molecule has 0 heterocycles. The van der Waals surface area contributed by atoms with E-state index in [0.717, 1.165) is 0 Å². The third-order valence-electron chi connectivity index (χ3n) is 0.966. The standard InChI is InChI=1S/C5H9NO3S2/c1-9-4(8)3(2-7)6-5(10)11/h3,7H,2H2,1H3,(H2,6,10,11)/t3-/m0/s1. The van der Waals surface area contributed by atoms with Gasteiger partial charge in [0.2, 0.25) is 0 Å². The van der Waals surface area contributed by atoms with Crippen LogP contribution in [-0.2, 0) is 9.53 Å². The van der Waals surface area contributed by atoms with Crippen LogP contribution in [0.1, 0.15) is 0 Å². The van der Waals surface area contributed by atoms with Crippen LogP contribution in [0.15, 0.2) is 0 Å². The molecule has 0 aromatic rings. The van der Waals surface area contributed by atoms with Gasteiger partial charge in [0.15, 0.2) is 0 Å². The number of ether oxygens (including phenoxy) is 1. The summed E-state index contributed by atoms with van der Waals surface area (Å²) >= 11 is 8.27. The zero-order chi connectivity index (χ0) is 8.85. The fourth-order valence-corrected chi connectivity index (χ4v) is 0.769. The Morgan fingerprint density at radius 3 is 2.73 bits per heavy atom. The third kappa shape index (κ3) is 4.18. The van der Waals surface area contributed by atoms with E-state index in [1.165, 1.54) is 7.11 Å². The smallest absolute Gasteiger partial charge is 0.330 e. The van der Waals surface area contributed by atoms with Crippen molar-refractivity contribution in [1.29, 1.82) is 0 Å². The summed E-state index contributed by atoms with van der Waals surface area (Å²) in [6.07, 6.45) is 0. The average Bonchev–Trinajstić information content (AvgIpc) is 1.98. The predicted molar refractivity (Wildman–Crippen MR) is 47.6 cm³/mol. The molecule has 1 atom stereocenters. The van der Waals surface area contributed by atoms with Gasteiger partial charge in [-0.25, -0.2) is 4.79 Å². The summed E-state index contributed by atoms with van der Waals surface area (Å²) in [5, 5.41) is 11.1. The van der Waals surface area contributed by atoms with Crippen molar-refractivity contribution >= 4 is 35.1 Å². The van der Waals surface area contributed by atoms with Crippen molar-refractivity contribution in [2.24, 2.45) is 0 Å². The second-order valence-corrected chi connectivity index (χ2v) is 2.87. The van der Waals surface area contributed by atoms with Crippen molar-refractivity contribution in [2.75, 3.05) is 13.7 Å². The number of hydrogen-bond donors (Lipinski definition) is 3. The molecule has 0 aromatic heterocycles. The maximum Gasteiger partial charge on any atom is 0.330 e. The molecule has 0 saturated carbocycles. The largest absolute Gasteiger partial charge is 0.467 e. The van der Waals surface area contributed by atoms with Gasteiger partial charge in [-0.3, -0.25) is 0 Å². The van der Waals surface area contributed by atoms with Crippen molar-refractivity contribution in [1.82, 2.24) is 5.32 Å². The van der Waals surface area contributed by atoms with Crippen LogP contribution in [0.3, 0.4) is 0 Å². The van der Waals surface area contributed by atoms with E-state index in [0.29, 0.717) is 0 Å². The molecule has 4 nitrogen and oxygen atoms in total. The molecular formula is C5H9NO3S2. The third-order valence-corrected chi connectivity index (χ3v) is 1.21. The van der Waals surface area contributed by atoms with Crippen LogP contribution in [0.2, 0.25) is 0 Å². The molecule has 0 saturated heterocycles. The molecule has 0 aliphatic heterocycles. The van der Waals surface area contributed by atoms with Gasteiger partial charge in [-0.1, -0.05) is 12.2 Å². The van der Waals surface area contributed by atoms with Crippen LogP contribution < -0.4 is 5.32 Å². The molecule has 0 aliphatic carbocycles. The number of thiocarbonyl (C=S) groups is 1. The maximum atomic E-state index is 10.7. The molecule has 0 aromatic carbocycles. The molecule has 2 N–H and O–H groups in total. The van der Waals surface area contributed by atoms with Crippen molar-refractivity contribution in [3.63, 3.8) is 0 Å². The van der Waals surface area contributed by atoms with Crippen LogP contribution in [-0.4, -0.2) is 35.2 Å². The number of hydrogen-bond acceptors (Lipinski definition) is 4. The first-order valence-electron chi connectivity index (χ1n) is 2.80. The molecule has 0 bridgehead atoms. The molecule has 0 fully saturated rings. The highest BCUT2D eigenvalue weighted by molar-refractivity contribution is 8.11. The predicted octanol–water partition coefficient (Wildman–Crippen LogP) is -0.675. The number of thiol groups is 1. The summed E-state index contributed by atoms with van der Waals surface area (Å²) < 4.78 is 4.50. The molecule has 6 heteroatoms. The molecule has 0 amide bonds. The topological polar surface area (TPSA) is 58.6 Å². The number of rotatable bonds is 3. The summed E-state index contributed by atoms with van der Waals surface area (Å²) in [5.74, 6) is -0.566. The molecule has 0 radical (unpaired) electrons. The zero-order valence-electron chi connectivity index (χ0n) is 5.90. The first-order valence-corrected chi connectivity index (χ1v) is 3.65. The normalized spacial score (nSPS) is 11.9. The fraction of sp³-hybridized carbons (Fsp3) is 0.600. The van der Waals surface area contributed by atoms with Crippen molar-refractivity contribution in [3.05, 3.63) is 0 Å². The Bertz CT molecular complexity index is 162. The lowest BCUT2D eigenvalue weighted by molar-refractivity contribution is -0.143. The monoisotopic (exact) mass is 195 g/mol. The Kier molecular flexibility index (Phi) is 5.18. The lowest BCUT2D eigenvalue weighted by atomic mass is 10.3. The van der Waals surface area contributed by atoms with Crippen LogP contribution in [0.4, 0.5) is 0 Å². The van der Waals surface area contributed by atoms with E-state index in [-0.39, 0.29) is 10.9 Å². The van der Waals surface area contributed by atoms with Gasteiger partial charge >= 0.3 is 5.97 Å². The molecule has 0 spiro atoms. The summed E-state index contributed by atoms with van der Waals surface area (Å²) in [4.78, 5) is 10.7. The number of aliphatic hydroxyl groups is 1. The van der Waals surface area contributed by atoms with Gasteiger partial charge in [0.25, 0.3) is 0 Å². The second kappa shape index (κ2) is 5.34. The Labute approximate surface area is 75.3 Å². The van der Waals surface area contributed by atoms with Crippen LogP contribution >= 0.6 is 24.8 Å². The Morgan fingerprint density at radius 1 is 1.91 bits per heavy atom. The quantitative estimate of drug-likeness (QED) is 0.316. The highest BCUT2D eigenvalue weighted by atomic mass is 32.1. The summed E-state index contributed by atoms with van der Waals surface area (Å²) in [6.45, 7) is -0.368. The van der Waals surface area contributed by atoms with Gasteiger partial charge in [0.05, 0.1) is 13.7 Å². The van der Waals surface area contributed by atoms with Gasteiger partial charge in [-0.2, -0.15) is 0 Å². The van der Waals surface area contributed by atoms with Crippen molar-refractivity contribution < 1.29 is 14.6 Å². The van der Waals surface area contributed by atoms with Crippen LogP contribution in [0.5, 0.6) is 0 Å². The Morgan fingerprint density at radius 2 is 2.45 bits per heavy atom. The minimum absolute atomic E-state index is 0.148. The van der Waals surface area contributed by atoms with Gasteiger partial charge in [-0.15, -0.1) is 12.6 Å². The van der Waals surface area contributed by atoms with E-state index in [2.05, 4.69) is 34.9 Å². The van der Waals surface area contributed by atoms with Crippen molar-refractivity contribution in [3.8, 4) is 0 Å². The highest BCUT2D eigenvalue weighted by Gasteiger charge is 2.17. The summed E-state index contributed by atoms with van der Waals surface area (Å²) in [7, 11) is 1.23. The van der Waals surface area contributed by atoms with E-state index < -0.39 is 12.0 Å². The number of esters is 1. The van der Waals surface area contributed by atoms with E-state index in [1.54, 1.807) is 0 Å². The SMILES string of the molecule is COC(=O)[C@H](CO)NC(=S)S. The molecular weight excluding hydrogens is 186 g/mol. The lowest BCUT2D eigenvalue weighted by Crippen LogP contribution is -2.41. The molecule has 11 heavy (non-hydrogen) atoms. The first kappa shape index (κ1) is 10.7. The minimum atomic E-state index is -0.815. The number of carbonyl (C=O) groups excluding carboxylic acids is 1. The first-order chi connectivity index (χ1) is 5.11. The average molecular weight is 195 g/mol. The lowest BCUT2D eigenvalue weighted by Gasteiger charge is -2.12. The van der Waals surface area contributed by atoms with E-state index in [9.17, 15) is 4.79 Å². The Balaban J connectivity index is 3.94. The Hall–Kier alpha value is -0.330. The molecule has 64 valence electrons. The van der Waals surface area contributed by atoms with Crippen LogP contribution in [0, 0.1) is 0 Å². The van der Waals surface area contributed by atoms with E-state index in [1.807, 2.05) is 0 Å². The van der Waals surface area contributed by atoms with Crippen molar-refractivity contribution in [2.45, 2.75) is 6.04 Å². The molecule has 0 rings (SSSR count). The number of aliphatic hydroxyl groups excluding tert-OH is 1. The number of nitrogens with one attached hydrogen (secondary N) is 1. The van der Waals surface area contributed by atoms with Gasteiger partial charge in [0.1, 0.15) is 10.4 Å². The molecule has 0 unspecified atom stereocenters. The van der Waals surface area contributed by atoms with Crippen LogP contribution in [0.25, 0.3) is 0 Å². The van der Waals surface area contributed by atoms with E-state index in [4.69, 9.17) is 5.11 Å². The highest BCUT2D eigenvalue weighted by Crippen LogP contribution is 1.89. The fourth-order valence-electron chi connectivity index (χ4n) is 0.470. The molecule has 0 aliphatic rings. The van der Waals surface area contributed by atoms with E-state index >= 15 is 0 Å². The summed E-state index contributed by atoms with van der Waals surface area (Å²) in [6, 6.07) is -0.815. The van der Waals surface area contributed by atoms with Gasteiger partial charge in [0, 0.05) is 0 Å².